The number of fused-ring (bicyclic) bond motifs is 1. The third-order valence-electron chi connectivity index (χ3n) is 3.34. The topological polar surface area (TPSA) is 77.8 Å². The summed E-state index contributed by atoms with van der Waals surface area (Å²) in [4.78, 5) is 11.2. The van der Waals surface area contributed by atoms with Crippen molar-refractivity contribution in [2.75, 3.05) is 0 Å². The molecular weight excluding hydrogens is 232 g/mol. The number of rotatable bonds is 1. The van der Waals surface area contributed by atoms with E-state index < -0.39 is 11.7 Å². The Labute approximate surface area is 104 Å². The van der Waals surface area contributed by atoms with Crippen molar-refractivity contribution in [2.45, 2.75) is 20.8 Å². The molecule has 0 radical (unpaired) electrons. The van der Waals surface area contributed by atoms with Gasteiger partial charge in [0.2, 0.25) is 0 Å². The van der Waals surface area contributed by atoms with E-state index in [9.17, 15) is 15.0 Å². The first-order valence-corrected chi connectivity index (χ1v) is 5.53. The van der Waals surface area contributed by atoms with E-state index in [0.717, 1.165) is 11.1 Å². The van der Waals surface area contributed by atoms with Crippen molar-refractivity contribution in [1.29, 1.82) is 0 Å². The van der Waals surface area contributed by atoms with Gasteiger partial charge in [0.25, 0.3) is 0 Å². The fourth-order valence-corrected chi connectivity index (χ4v) is 2.10. The number of benzene rings is 2. The van der Waals surface area contributed by atoms with Crippen molar-refractivity contribution < 1.29 is 20.1 Å². The van der Waals surface area contributed by atoms with Crippen LogP contribution in [0.15, 0.2) is 12.1 Å². The van der Waals surface area contributed by atoms with E-state index >= 15 is 0 Å². The number of carbonyl (C=O) groups is 1. The van der Waals surface area contributed by atoms with Crippen LogP contribution >= 0.6 is 0 Å². The molecule has 0 unspecified atom stereocenters. The molecule has 18 heavy (non-hydrogen) atoms. The van der Waals surface area contributed by atoms with Crippen LogP contribution in [0.3, 0.4) is 0 Å². The molecular formula is C14H14O4. The highest BCUT2D eigenvalue weighted by atomic mass is 16.4. The summed E-state index contributed by atoms with van der Waals surface area (Å²) < 4.78 is 0. The smallest absolute Gasteiger partial charge is 0.340 e. The standard InChI is InChI=1S/C14H14O4/c1-6-4-9-8(3)12(15)13(16)11(14(17)18)10(9)5-7(6)2/h4-5,15-16H,1-3H3,(H,17,18). The van der Waals surface area contributed by atoms with Gasteiger partial charge in [-0.05, 0) is 37.3 Å². The minimum absolute atomic E-state index is 0.254. The normalized spacial score (nSPS) is 10.8. The summed E-state index contributed by atoms with van der Waals surface area (Å²) >= 11 is 0. The highest BCUT2D eigenvalue weighted by molar-refractivity contribution is 6.09. The number of hydrogen-bond acceptors (Lipinski definition) is 3. The number of carboxylic acid groups (broad SMARTS) is 1. The highest BCUT2D eigenvalue weighted by Crippen LogP contribution is 2.40. The molecule has 4 nitrogen and oxygen atoms in total. The molecule has 4 heteroatoms. The fourth-order valence-electron chi connectivity index (χ4n) is 2.10. The molecule has 0 aliphatic heterocycles. The van der Waals surface area contributed by atoms with E-state index in [0.29, 0.717) is 16.3 Å². The monoisotopic (exact) mass is 246 g/mol. The van der Waals surface area contributed by atoms with Gasteiger partial charge in [-0.25, -0.2) is 4.79 Å². The van der Waals surface area contributed by atoms with Crippen molar-refractivity contribution >= 4 is 16.7 Å². The second-order valence-electron chi connectivity index (χ2n) is 4.48. The number of aromatic carboxylic acids is 1. The highest BCUT2D eigenvalue weighted by Gasteiger charge is 2.21. The van der Waals surface area contributed by atoms with Crippen molar-refractivity contribution in [3.8, 4) is 11.5 Å². The summed E-state index contributed by atoms with van der Waals surface area (Å²) in [7, 11) is 0. The molecule has 0 heterocycles. The van der Waals surface area contributed by atoms with Crippen molar-refractivity contribution in [1.82, 2.24) is 0 Å². The maximum absolute atomic E-state index is 11.2. The second-order valence-corrected chi connectivity index (χ2v) is 4.48. The van der Waals surface area contributed by atoms with Crippen LogP contribution in [-0.4, -0.2) is 21.3 Å². The SMILES string of the molecule is Cc1cc2c(C)c(O)c(O)c(C(=O)O)c2cc1C. The van der Waals surface area contributed by atoms with E-state index in [1.54, 1.807) is 13.0 Å². The van der Waals surface area contributed by atoms with Crippen molar-refractivity contribution in [2.24, 2.45) is 0 Å². The van der Waals surface area contributed by atoms with Gasteiger partial charge in [-0.2, -0.15) is 0 Å². The van der Waals surface area contributed by atoms with Crippen LogP contribution in [0.4, 0.5) is 0 Å². The minimum Gasteiger partial charge on any atom is -0.504 e. The lowest BCUT2D eigenvalue weighted by Crippen LogP contribution is -2.01. The first kappa shape index (κ1) is 12.2. The van der Waals surface area contributed by atoms with Gasteiger partial charge in [0.1, 0.15) is 5.56 Å². The molecule has 0 spiro atoms. The molecule has 2 rings (SSSR count). The summed E-state index contributed by atoms with van der Waals surface area (Å²) in [6, 6.07) is 3.55. The number of phenols is 2. The molecule has 94 valence electrons. The van der Waals surface area contributed by atoms with Gasteiger partial charge in [-0.3, -0.25) is 0 Å². The predicted octanol–water partition coefficient (Wildman–Crippen LogP) is 2.87. The molecule has 0 atom stereocenters. The first-order valence-electron chi connectivity index (χ1n) is 5.53. The van der Waals surface area contributed by atoms with E-state index in [1.165, 1.54) is 0 Å². The Kier molecular flexibility index (Phi) is 2.66. The maximum Gasteiger partial charge on any atom is 0.340 e. The van der Waals surface area contributed by atoms with Crippen LogP contribution < -0.4 is 0 Å². The lowest BCUT2D eigenvalue weighted by molar-refractivity contribution is 0.0695. The Hall–Kier alpha value is -2.23. The zero-order valence-electron chi connectivity index (χ0n) is 10.4. The number of aryl methyl sites for hydroxylation is 3. The molecule has 3 N–H and O–H groups in total. The van der Waals surface area contributed by atoms with Gasteiger partial charge in [0, 0.05) is 10.9 Å². The molecule has 0 saturated carbocycles. The lowest BCUT2D eigenvalue weighted by atomic mass is 9.94. The Morgan fingerprint density at radius 1 is 0.944 bits per heavy atom. The summed E-state index contributed by atoms with van der Waals surface area (Å²) in [5.41, 5.74) is 2.17. The molecule has 0 bridgehead atoms. The van der Waals surface area contributed by atoms with Crippen LogP contribution in [0.25, 0.3) is 10.8 Å². The van der Waals surface area contributed by atoms with Crippen molar-refractivity contribution in [3.63, 3.8) is 0 Å². The average molecular weight is 246 g/mol. The molecule has 0 saturated heterocycles. The zero-order valence-corrected chi connectivity index (χ0v) is 10.4. The lowest BCUT2D eigenvalue weighted by Gasteiger charge is -2.13. The number of carboxylic acids is 1. The van der Waals surface area contributed by atoms with Gasteiger partial charge < -0.3 is 15.3 Å². The molecule has 0 fully saturated rings. The largest absolute Gasteiger partial charge is 0.504 e. The van der Waals surface area contributed by atoms with Crippen molar-refractivity contribution in [3.05, 3.63) is 34.4 Å². The molecule has 0 aliphatic carbocycles. The minimum atomic E-state index is -1.25. The van der Waals surface area contributed by atoms with Crippen LogP contribution in [0, 0.1) is 20.8 Å². The average Bonchev–Trinajstić information content (AvgIpc) is 2.29. The van der Waals surface area contributed by atoms with E-state index in [1.807, 2.05) is 19.9 Å². The van der Waals surface area contributed by atoms with E-state index in [-0.39, 0.29) is 11.3 Å². The molecule has 2 aromatic rings. The fraction of sp³-hybridized carbons (Fsp3) is 0.214. The van der Waals surface area contributed by atoms with E-state index in [2.05, 4.69) is 0 Å². The molecule has 0 aliphatic rings. The van der Waals surface area contributed by atoms with Crippen LogP contribution in [0.5, 0.6) is 11.5 Å². The number of phenolic OH excluding ortho intramolecular Hbond substituents is 1. The second kappa shape index (κ2) is 3.91. The van der Waals surface area contributed by atoms with Crippen LogP contribution in [-0.2, 0) is 0 Å². The van der Waals surface area contributed by atoms with Gasteiger partial charge in [0.15, 0.2) is 11.5 Å². The summed E-state index contributed by atoms with van der Waals surface area (Å²) in [6.07, 6.45) is 0. The Morgan fingerprint density at radius 2 is 1.44 bits per heavy atom. The third kappa shape index (κ3) is 1.57. The Balaban J connectivity index is 3.07. The first-order chi connectivity index (χ1) is 8.34. The molecule has 0 amide bonds. The number of aromatic hydroxyl groups is 2. The quantitative estimate of drug-likeness (QED) is 0.676. The summed E-state index contributed by atoms with van der Waals surface area (Å²) in [6.45, 7) is 5.44. The van der Waals surface area contributed by atoms with Gasteiger partial charge in [-0.15, -0.1) is 0 Å². The van der Waals surface area contributed by atoms with E-state index in [4.69, 9.17) is 5.11 Å². The zero-order chi connectivity index (χ0) is 13.6. The number of hydrogen-bond donors (Lipinski definition) is 3. The molecule has 0 aromatic heterocycles. The van der Waals surface area contributed by atoms with Gasteiger partial charge in [-0.1, -0.05) is 12.1 Å². The Bertz CT molecular complexity index is 672. The van der Waals surface area contributed by atoms with Gasteiger partial charge in [0.05, 0.1) is 0 Å². The Morgan fingerprint density at radius 3 is 1.94 bits per heavy atom. The van der Waals surface area contributed by atoms with Crippen LogP contribution in [0.1, 0.15) is 27.0 Å². The van der Waals surface area contributed by atoms with Gasteiger partial charge >= 0.3 is 5.97 Å². The molecule has 2 aromatic carbocycles. The summed E-state index contributed by atoms with van der Waals surface area (Å²) in [5, 5.41) is 29.8. The predicted molar refractivity (Wildman–Crippen MR) is 68.4 cm³/mol. The summed E-state index contributed by atoms with van der Waals surface area (Å²) in [5.74, 6) is -2.20. The third-order valence-corrected chi connectivity index (χ3v) is 3.34. The van der Waals surface area contributed by atoms with Crippen LogP contribution in [0.2, 0.25) is 0 Å². The maximum atomic E-state index is 11.2.